The fourth-order valence-electron chi connectivity index (χ4n) is 2.54. The Hall–Kier alpha value is -2.55. The van der Waals surface area contributed by atoms with Gasteiger partial charge in [-0.2, -0.15) is 26.3 Å². The number of ether oxygens (including phenoxy) is 1. The molecule has 0 bridgehead atoms. The fraction of sp³-hybridized carbons (Fsp3) is 0.222. The van der Waals surface area contributed by atoms with Crippen molar-refractivity contribution >= 4 is 23.4 Å². The minimum atomic E-state index is -5.85. The van der Waals surface area contributed by atoms with E-state index < -0.39 is 29.8 Å². The second-order valence-electron chi connectivity index (χ2n) is 5.93. The molecule has 10 heteroatoms. The van der Waals surface area contributed by atoms with Crippen molar-refractivity contribution in [3.63, 3.8) is 0 Å². The number of alkyl halides is 6. The highest BCUT2D eigenvalue weighted by atomic mass is 35.5. The third-order valence-corrected chi connectivity index (χ3v) is 4.19. The van der Waals surface area contributed by atoms with Crippen LogP contribution in [0.3, 0.4) is 0 Å². The Morgan fingerprint density at radius 2 is 1.46 bits per heavy atom. The van der Waals surface area contributed by atoms with Crippen molar-refractivity contribution in [2.24, 2.45) is 9.98 Å². The summed E-state index contributed by atoms with van der Waals surface area (Å²) < 4.78 is 87.1. The Bertz CT molecular complexity index is 951. The van der Waals surface area contributed by atoms with E-state index in [1.807, 2.05) is 0 Å². The maximum absolute atomic E-state index is 13.6. The predicted octanol–water partition coefficient (Wildman–Crippen LogP) is 5.69. The minimum Gasteiger partial charge on any atom is -0.420 e. The van der Waals surface area contributed by atoms with Crippen LogP contribution >= 0.6 is 11.6 Å². The van der Waals surface area contributed by atoms with E-state index in [4.69, 9.17) is 16.3 Å². The monoisotopic (exact) mass is 420 g/mol. The van der Waals surface area contributed by atoms with E-state index in [9.17, 15) is 26.3 Å². The minimum absolute atomic E-state index is 0.0187. The van der Waals surface area contributed by atoms with E-state index in [1.54, 1.807) is 6.07 Å². The Morgan fingerprint density at radius 1 is 0.857 bits per heavy atom. The molecule has 0 saturated heterocycles. The molecule has 0 fully saturated rings. The highest BCUT2D eigenvalue weighted by Crippen LogP contribution is 2.49. The first-order valence-electron chi connectivity index (χ1n) is 7.77. The molecule has 28 heavy (non-hydrogen) atoms. The van der Waals surface area contributed by atoms with Crippen LogP contribution in [0.5, 0.6) is 0 Å². The molecule has 0 aromatic heterocycles. The van der Waals surface area contributed by atoms with Gasteiger partial charge in [-0.15, -0.1) is 0 Å². The van der Waals surface area contributed by atoms with Crippen molar-refractivity contribution < 1.29 is 31.1 Å². The topological polar surface area (TPSA) is 34.0 Å². The van der Waals surface area contributed by atoms with Gasteiger partial charge in [0.05, 0.1) is 0 Å². The molecule has 1 heterocycles. The second kappa shape index (κ2) is 6.80. The van der Waals surface area contributed by atoms with Crippen LogP contribution in [0.2, 0.25) is 5.02 Å². The van der Waals surface area contributed by atoms with Gasteiger partial charge in [0.25, 0.3) is 0 Å². The molecule has 0 amide bonds. The summed E-state index contributed by atoms with van der Waals surface area (Å²) in [4.78, 5) is 5.78. The number of aliphatic imine (C=N–C) groups is 2. The van der Waals surface area contributed by atoms with Gasteiger partial charge < -0.3 is 4.74 Å². The first-order chi connectivity index (χ1) is 12.9. The first kappa shape index (κ1) is 20.2. The molecule has 1 aliphatic heterocycles. The molecule has 2 aromatic rings. The quantitative estimate of drug-likeness (QED) is 0.574. The molecular formula is C18H11ClF6N2O. The lowest BCUT2D eigenvalue weighted by atomic mass is 10.1. The molecule has 0 unspecified atom stereocenters. The molecule has 0 saturated carbocycles. The summed E-state index contributed by atoms with van der Waals surface area (Å²) >= 11 is 5.81. The van der Waals surface area contributed by atoms with Gasteiger partial charge in [0.1, 0.15) is 0 Å². The Kier molecular flexibility index (Phi) is 4.91. The Balaban J connectivity index is 2.29. The number of aryl methyl sites for hydroxylation is 1. The molecule has 3 rings (SSSR count). The molecule has 1 aliphatic rings. The lowest BCUT2D eigenvalue weighted by Crippen LogP contribution is -2.56. The molecular weight excluding hydrogens is 410 g/mol. The summed E-state index contributed by atoms with van der Waals surface area (Å²) in [5.74, 6) is -1.72. The van der Waals surface area contributed by atoms with Crippen molar-refractivity contribution in [3.05, 3.63) is 70.2 Å². The van der Waals surface area contributed by atoms with E-state index in [0.29, 0.717) is 5.56 Å². The van der Waals surface area contributed by atoms with Crippen LogP contribution in [-0.4, -0.2) is 29.8 Å². The van der Waals surface area contributed by atoms with Crippen LogP contribution in [0.1, 0.15) is 16.7 Å². The number of nitrogens with zero attached hydrogens (tertiary/aromatic N) is 2. The summed E-state index contributed by atoms with van der Waals surface area (Å²) in [5, 5.41) is 0.0911. The summed E-state index contributed by atoms with van der Waals surface area (Å²) in [6, 6.07) is 11.0. The third kappa shape index (κ3) is 3.46. The zero-order chi connectivity index (χ0) is 20.7. The number of hydrogen-bond donors (Lipinski definition) is 0. The fourth-order valence-corrected chi connectivity index (χ4v) is 2.73. The Labute approximate surface area is 160 Å². The number of benzene rings is 2. The second-order valence-corrected chi connectivity index (χ2v) is 6.37. The van der Waals surface area contributed by atoms with Crippen LogP contribution in [-0.2, 0) is 4.74 Å². The van der Waals surface area contributed by atoms with Crippen LogP contribution in [0.4, 0.5) is 26.3 Å². The van der Waals surface area contributed by atoms with E-state index in [1.165, 1.54) is 43.3 Å². The maximum Gasteiger partial charge on any atom is 0.443 e. The van der Waals surface area contributed by atoms with Gasteiger partial charge in [-0.1, -0.05) is 35.9 Å². The lowest BCUT2D eigenvalue weighted by molar-refractivity contribution is -0.293. The molecule has 2 aromatic carbocycles. The molecule has 0 radical (unpaired) electrons. The molecule has 0 aliphatic carbocycles. The number of halogens is 7. The van der Waals surface area contributed by atoms with E-state index >= 15 is 0 Å². The van der Waals surface area contributed by atoms with E-state index in [-0.39, 0.29) is 16.1 Å². The van der Waals surface area contributed by atoms with Gasteiger partial charge in [-0.25, -0.2) is 9.98 Å². The summed E-state index contributed by atoms with van der Waals surface area (Å²) in [6.07, 6.45) is -11.7. The molecule has 0 atom stereocenters. The van der Waals surface area contributed by atoms with Crippen LogP contribution in [0, 0.1) is 6.92 Å². The molecule has 148 valence electrons. The van der Waals surface area contributed by atoms with Gasteiger partial charge >= 0.3 is 18.0 Å². The Morgan fingerprint density at radius 3 is 2.04 bits per heavy atom. The smallest absolute Gasteiger partial charge is 0.420 e. The van der Waals surface area contributed by atoms with Crippen molar-refractivity contribution in [1.82, 2.24) is 0 Å². The standard InChI is InChI=1S/C18H11ClF6N2O/c1-10-5-2-3-8-13(10)15-27-16(17(20,21)22,18(23,24)25)26-14(28-15)11-6-4-7-12(19)9-11/h2-9H,1H3. The zero-order valence-corrected chi connectivity index (χ0v) is 14.8. The van der Waals surface area contributed by atoms with Gasteiger partial charge in [0.15, 0.2) is 0 Å². The molecule has 0 spiro atoms. The van der Waals surface area contributed by atoms with Crippen LogP contribution in [0.15, 0.2) is 58.5 Å². The van der Waals surface area contributed by atoms with Crippen LogP contribution < -0.4 is 0 Å². The predicted molar refractivity (Wildman–Crippen MR) is 91.6 cm³/mol. The number of hydrogen-bond acceptors (Lipinski definition) is 3. The highest BCUT2D eigenvalue weighted by molar-refractivity contribution is 6.31. The maximum atomic E-state index is 13.6. The largest absolute Gasteiger partial charge is 0.443 e. The first-order valence-corrected chi connectivity index (χ1v) is 8.15. The van der Waals surface area contributed by atoms with E-state index in [2.05, 4.69) is 9.98 Å². The zero-order valence-electron chi connectivity index (χ0n) is 14.1. The lowest BCUT2D eigenvalue weighted by Gasteiger charge is -2.34. The van der Waals surface area contributed by atoms with Gasteiger partial charge in [0, 0.05) is 16.1 Å². The van der Waals surface area contributed by atoms with Crippen molar-refractivity contribution in [2.45, 2.75) is 24.9 Å². The number of rotatable bonds is 2. The van der Waals surface area contributed by atoms with Crippen molar-refractivity contribution in [1.29, 1.82) is 0 Å². The van der Waals surface area contributed by atoms with Gasteiger partial charge in [-0.3, -0.25) is 0 Å². The summed E-state index contributed by atoms with van der Waals surface area (Å²) in [7, 11) is 0. The summed E-state index contributed by atoms with van der Waals surface area (Å²) in [6.45, 7) is 1.51. The van der Waals surface area contributed by atoms with Crippen molar-refractivity contribution in [3.8, 4) is 0 Å². The van der Waals surface area contributed by atoms with E-state index in [0.717, 1.165) is 6.07 Å². The average Bonchev–Trinajstić information content (AvgIpc) is 2.60. The SMILES string of the molecule is Cc1ccccc1C1=NC(C(F)(F)F)(C(F)(F)F)N=C(c2cccc(Cl)c2)O1. The third-order valence-electron chi connectivity index (χ3n) is 3.96. The summed E-state index contributed by atoms with van der Waals surface area (Å²) in [5.41, 5.74) is -4.49. The van der Waals surface area contributed by atoms with Crippen LogP contribution in [0.25, 0.3) is 0 Å². The molecule has 0 N–H and O–H groups in total. The van der Waals surface area contributed by atoms with Gasteiger partial charge in [0.2, 0.25) is 11.8 Å². The molecule has 3 nitrogen and oxygen atoms in total. The van der Waals surface area contributed by atoms with Crippen molar-refractivity contribution in [2.75, 3.05) is 0 Å². The average molecular weight is 421 g/mol. The van der Waals surface area contributed by atoms with Gasteiger partial charge in [-0.05, 0) is 36.8 Å². The normalized spacial score (nSPS) is 16.9. The highest BCUT2D eigenvalue weighted by Gasteiger charge is 2.74.